The van der Waals surface area contributed by atoms with Gasteiger partial charge in [0, 0.05) is 31.2 Å². The van der Waals surface area contributed by atoms with Crippen molar-refractivity contribution in [3.8, 4) is 5.75 Å². The predicted octanol–water partition coefficient (Wildman–Crippen LogP) is 5.52. The molecule has 6 nitrogen and oxygen atoms in total. The highest BCUT2D eigenvalue weighted by molar-refractivity contribution is 5.95. The molecule has 2 amide bonds. The van der Waals surface area contributed by atoms with Gasteiger partial charge in [0.05, 0.1) is 31.1 Å². The molecule has 3 aromatic rings. The van der Waals surface area contributed by atoms with E-state index in [2.05, 4.69) is 11.0 Å². The number of nitrogens with zero attached hydrogens (tertiary/aromatic N) is 3. The second-order valence-electron chi connectivity index (χ2n) is 10.1. The summed E-state index contributed by atoms with van der Waals surface area (Å²) in [7, 11) is 0. The number of benzene rings is 3. The van der Waals surface area contributed by atoms with Crippen molar-refractivity contribution in [1.82, 2.24) is 4.90 Å². The summed E-state index contributed by atoms with van der Waals surface area (Å²) in [4.78, 5) is 20.0. The Bertz CT molecular complexity index is 1270. The van der Waals surface area contributed by atoms with Crippen molar-refractivity contribution in [2.24, 2.45) is 0 Å². The van der Waals surface area contributed by atoms with Crippen LogP contribution in [0.5, 0.6) is 5.75 Å². The van der Waals surface area contributed by atoms with Crippen LogP contribution in [0.1, 0.15) is 29.5 Å². The average Bonchev–Trinajstić information content (AvgIpc) is 2.89. The summed E-state index contributed by atoms with van der Waals surface area (Å²) in [5, 5.41) is 0. The van der Waals surface area contributed by atoms with E-state index in [9.17, 15) is 9.18 Å². The van der Waals surface area contributed by atoms with Crippen LogP contribution < -0.4 is 14.5 Å². The Kier molecular flexibility index (Phi) is 6.47. The van der Waals surface area contributed by atoms with Gasteiger partial charge in [-0.05, 0) is 49.1 Å². The molecular formula is C30H32FN3O3. The molecule has 192 valence electrons. The van der Waals surface area contributed by atoms with E-state index in [1.54, 1.807) is 6.07 Å². The Balaban J connectivity index is 1.22. The third-order valence-electron chi connectivity index (χ3n) is 7.71. The molecule has 0 bridgehead atoms. The van der Waals surface area contributed by atoms with E-state index < -0.39 is 0 Å². The maximum Gasteiger partial charge on any atom is 0.325 e. The number of ether oxygens (including phenoxy) is 2. The van der Waals surface area contributed by atoms with Crippen molar-refractivity contribution < 1.29 is 18.7 Å². The first-order valence-corrected chi connectivity index (χ1v) is 13.1. The van der Waals surface area contributed by atoms with Gasteiger partial charge in [0.2, 0.25) is 0 Å². The zero-order chi connectivity index (χ0) is 25.4. The quantitative estimate of drug-likeness (QED) is 0.446. The van der Waals surface area contributed by atoms with Crippen LogP contribution in [0, 0.1) is 12.7 Å². The molecule has 6 rings (SSSR count). The minimum atomic E-state index is -0.179. The molecule has 0 spiro atoms. The van der Waals surface area contributed by atoms with Crippen LogP contribution >= 0.6 is 0 Å². The maximum atomic E-state index is 14.6. The van der Waals surface area contributed by atoms with Crippen molar-refractivity contribution in [3.63, 3.8) is 0 Å². The zero-order valence-corrected chi connectivity index (χ0v) is 21.1. The standard InChI is InChI=1S/C30H32FN3O3/c1-21-7-6-10-26(31)29(21)32-15-13-24(14-16-32)33-17-22-8-2-4-11-27(22)34(30(33)35)18-23-9-3-5-12-28(23)37-25-19-36-20-25/h2-12,24-25H,13-20H2,1H3. The van der Waals surface area contributed by atoms with Gasteiger partial charge in [0.15, 0.2) is 0 Å². The van der Waals surface area contributed by atoms with E-state index in [0.29, 0.717) is 32.0 Å². The van der Waals surface area contributed by atoms with Crippen LogP contribution in [0.3, 0.4) is 0 Å². The van der Waals surface area contributed by atoms with Crippen LogP contribution in [-0.2, 0) is 17.8 Å². The average molecular weight is 502 g/mol. The minimum absolute atomic E-state index is 0.0148. The van der Waals surface area contributed by atoms with Crippen LogP contribution in [0.2, 0.25) is 0 Å². The number of urea groups is 1. The highest BCUT2D eigenvalue weighted by Gasteiger charge is 2.37. The first kappa shape index (κ1) is 23.8. The number of halogens is 1. The maximum absolute atomic E-state index is 14.6. The molecule has 0 atom stereocenters. The molecule has 3 aliphatic rings. The van der Waals surface area contributed by atoms with Crippen LogP contribution in [0.4, 0.5) is 20.6 Å². The number of hydrogen-bond donors (Lipinski definition) is 0. The van der Waals surface area contributed by atoms with Gasteiger partial charge in [0.25, 0.3) is 0 Å². The van der Waals surface area contributed by atoms with Gasteiger partial charge in [-0.15, -0.1) is 0 Å². The lowest BCUT2D eigenvalue weighted by Crippen LogP contribution is -2.54. The van der Waals surface area contributed by atoms with E-state index in [0.717, 1.165) is 54.1 Å². The lowest BCUT2D eigenvalue weighted by Gasteiger charge is -2.44. The number of rotatable bonds is 6. The number of carbonyl (C=O) groups is 1. The molecule has 0 N–H and O–H groups in total. The van der Waals surface area contributed by atoms with E-state index in [1.807, 2.05) is 65.3 Å². The number of amides is 2. The van der Waals surface area contributed by atoms with Gasteiger partial charge in [-0.25, -0.2) is 9.18 Å². The van der Waals surface area contributed by atoms with Crippen LogP contribution in [0.15, 0.2) is 66.7 Å². The molecule has 3 aromatic carbocycles. The minimum Gasteiger partial charge on any atom is -0.485 e. The molecule has 0 radical (unpaired) electrons. The molecule has 0 saturated carbocycles. The molecule has 0 aromatic heterocycles. The fourth-order valence-electron chi connectivity index (χ4n) is 5.66. The third kappa shape index (κ3) is 4.64. The van der Waals surface area contributed by atoms with Crippen molar-refractivity contribution in [2.75, 3.05) is 36.1 Å². The molecule has 37 heavy (non-hydrogen) atoms. The summed E-state index contributed by atoms with van der Waals surface area (Å²) in [6.45, 7) is 5.61. The Labute approximate surface area is 217 Å². The predicted molar refractivity (Wildman–Crippen MR) is 142 cm³/mol. The molecule has 2 saturated heterocycles. The Morgan fingerprint density at radius 2 is 1.73 bits per heavy atom. The molecule has 0 unspecified atom stereocenters. The Morgan fingerprint density at radius 3 is 2.49 bits per heavy atom. The van der Waals surface area contributed by atoms with E-state index in [-0.39, 0.29) is 24.0 Å². The van der Waals surface area contributed by atoms with Crippen LogP contribution in [0.25, 0.3) is 0 Å². The summed E-state index contributed by atoms with van der Waals surface area (Å²) in [5.41, 5.74) is 4.70. The molecule has 3 heterocycles. The number of para-hydroxylation sites is 3. The highest BCUT2D eigenvalue weighted by Crippen LogP contribution is 2.35. The normalized spacial score (nSPS) is 18.5. The zero-order valence-electron chi connectivity index (χ0n) is 21.1. The largest absolute Gasteiger partial charge is 0.485 e. The number of hydrogen-bond acceptors (Lipinski definition) is 4. The van der Waals surface area contributed by atoms with E-state index >= 15 is 0 Å². The van der Waals surface area contributed by atoms with Gasteiger partial charge in [-0.2, -0.15) is 0 Å². The number of fused-ring (bicyclic) bond motifs is 1. The number of piperidine rings is 1. The molecular weight excluding hydrogens is 469 g/mol. The Hall–Kier alpha value is -3.58. The molecule has 3 aliphatic heterocycles. The van der Waals surface area contributed by atoms with E-state index in [1.165, 1.54) is 6.07 Å². The second-order valence-corrected chi connectivity index (χ2v) is 10.1. The topological polar surface area (TPSA) is 45.2 Å². The lowest BCUT2D eigenvalue weighted by molar-refractivity contribution is -0.0799. The van der Waals surface area contributed by atoms with Crippen molar-refractivity contribution in [3.05, 3.63) is 89.2 Å². The van der Waals surface area contributed by atoms with Crippen LogP contribution in [-0.4, -0.2) is 49.4 Å². The lowest BCUT2D eigenvalue weighted by atomic mass is 9.99. The summed E-state index contributed by atoms with van der Waals surface area (Å²) in [6, 6.07) is 21.4. The fourth-order valence-corrected chi connectivity index (χ4v) is 5.66. The third-order valence-corrected chi connectivity index (χ3v) is 7.71. The SMILES string of the molecule is Cc1cccc(F)c1N1CCC(N2Cc3ccccc3N(Cc3ccccc3OC3COC3)C2=O)CC1. The highest BCUT2D eigenvalue weighted by atomic mass is 19.1. The van der Waals surface area contributed by atoms with Gasteiger partial charge in [-0.1, -0.05) is 48.5 Å². The van der Waals surface area contributed by atoms with Gasteiger partial charge < -0.3 is 19.3 Å². The second kappa shape index (κ2) is 10.1. The van der Waals surface area contributed by atoms with Crippen molar-refractivity contribution in [1.29, 1.82) is 0 Å². The van der Waals surface area contributed by atoms with E-state index in [4.69, 9.17) is 9.47 Å². The van der Waals surface area contributed by atoms with Gasteiger partial charge >= 0.3 is 6.03 Å². The number of aryl methyl sites for hydroxylation is 1. The van der Waals surface area contributed by atoms with Gasteiger partial charge in [0.1, 0.15) is 17.7 Å². The summed E-state index contributed by atoms with van der Waals surface area (Å²) >= 11 is 0. The van der Waals surface area contributed by atoms with Crippen molar-refractivity contribution >= 4 is 17.4 Å². The fraction of sp³-hybridized carbons (Fsp3) is 0.367. The number of carbonyl (C=O) groups excluding carboxylic acids is 1. The summed E-state index contributed by atoms with van der Waals surface area (Å²) in [5.74, 6) is 0.619. The monoisotopic (exact) mass is 501 g/mol. The smallest absolute Gasteiger partial charge is 0.325 e. The molecule has 0 aliphatic carbocycles. The van der Waals surface area contributed by atoms with Crippen molar-refractivity contribution in [2.45, 2.75) is 45.0 Å². The first-order valence-electron chi connectivity index (χ1n) is 13.1. The molecule has 2 fully saturated rings. The Morgan fingerprint density at radius 1 is 0.973 bits per heavy atom. The first-order chi connectivity index (χ1) is 18.1. The summed E-state index contributed by atoms with van der Waals surface area (Å²) < 4.78 is 26.0. The van der Waals surface area contributed by atoms with Gasteiger partial charge in [-0.3, -0.25) is 4.90 Å². The summed E-state index contributed by atoms with van der Waals surface area (Å²) in [6.07, 6.45) is 1.67. The number of anilines is 2. The molecule has 7 heteroatoms.